The van der Waals surface area contributed by atoms with Crippen molar-refractivity contribution in [3.63, 3.8) is 0 Å². The summed E-state index contributed by atoms with van der Waals surface area (Å²) < 4.78 is 13.1. The van der Waals surface area contributed by atoms with Gasteiger partial charge in [0, 0.05) is 18.8 Å². The highest BCUT2D eigenvalue weighted by atomic mass is 32.2. The molecule has 1 heterocycles. The predicted octanol–water partition coefficient (Wildman–Crippen LogP) is 1.21. The standard InChI is InChI=1S/C15H18N4O2S/c1-22(21)15-17-16-11-18(15)10-14(20)19(13-7-8-13)9-12-5-3-2-4-6-12/h2-6,11,13H,7-10H2,1H3. The van der Waals surface area contributed by atoms with Crippen molar-refractivity contribution in [1.29, 1.82) is 0 Å². The smallest absolute Gasteiger partial charge is 0.243 e. The van der Waals surface area contributed by atoms with Crippen LogP contribution in [-0.4, -0.2) is 42.1 Å². The molecule has 0 saturated heterocycles. The molecule has 0 bridgehead atoms. The van der Waals surface area contributed by atoms with Crippen LogP contribution in [0.15, 0.2) is 41.8 Å². The number of carbonyl (C=O) groups is 1. The average Bonchev–Trinajstić information content (AvgIpc) is 3.24. The summed E-state index contributed by atoms with van der Waals surface area (Å²) in [5.74, 6) is 0.0119. The summed E-state index contributed by atoms with van der Waals surface area (Å²) in [6, 6.07) is 10.3. The van der Waals surface area contributed by atoms with Gasteiger partial charge in [0.15, 0.2) is 0 Å². The maximum absolute atomic E-state index is 12.6. The van der Waals surface area contributed by atoms with E-state index in [9.17, 15) is 9.00 Å². The molecule has 1 atom stereocenters. The molecule has 1 aliphatic carbocycles. The molecule has 1 aliphatic rings. The first-order chi connectivity index (χ1) is 10.6. The lowest BCUT2D eigenvalue weighted by molar-refractivity contribution is -0.133. The normalized spacial score (nSPS) is 15.5. The molecule has 7 heteroatoms. The summed E-state index contributed by atoms with van der Waals surface area (Å²) in [4.78, 5) is 14.5. The zero-order valence-electron chi connectivity index (χ0n) is 12.4. The quantitative estimate of drug-likeness (QED) is 0.803. The van der Waals surface area contributed by atoms with Gasteiger partial charge in [-0.3, -0.25) is 13.6 Å². The van der Waals surface area contributed by atoms with Gasteiger partial charge in [0.1, 0.15) is 12.9 Å². The van der Waals surface area contributed by atoms with Crippen LogP contribution >= 0.6 is 0 Å². The molecule has 0 radical (unpaired) electrons. The van der Waals surface area contributed by atoms with Gasteiger partial charge in [0.25, 0.3) is 0 Å². The van der Waals surface area contributed by atoms with E-state index in [1.807, 2.05) is 35.2 Å². The summed E-state index contributed by atoms with van der Waals surface area (Å²) in [5.41, 5.74) is 1.12. The second-order valence-electron chi connectivity index (χ2n) is 5.43. The molecule has 116 valence electrons. The number of nitrogens with zero attached hydrogens (tertiary/aromatic N) is 4. The molecule has 1 amide bonds. The highest BCUT2D eigenvalue weighted by molar-refractivity contribution is 7.84. The molecule has 1 aromatic carbocycles. The fourth-order valence-corrected chi connectivity index (χ4v) is 3.00. The van der Waals surface area contributed by atoms with Gasteiger partial charge < -0.3 is 4.90 Å². The molecule has 0 spiro atoms. The summed E-state index contributed by atoms with van der Waals surface area (Å²) in [7, 11) is -1.25. The van der Waals surface area contributed by atoms with E-state index in [-0.39, 0.29) is 12.5 Å². The van der Waals surface area contributed by atoms with Crippen LogP contribution in [0, 0.1) is 0 Å². The lowest BCUT2D eigenvalue weighted by Crippen LogP contribution is -2.35. The average molecular weight is 318 g/mol. The molecular weight excluding hydrogens is 300 g/mol. The predicted molar refractivity (Wildman–Crippen MR) is 82.4 cm³/mol. The zero-order chi connectivity index (χ0) is 15.5. The third kappa shape index (κ3) is 3.41. The van der Waals surface area contributed by atoms with Crippen LogP contribution in [0.25, 0.3) is 0 Å². The number of carbonyl (C=O) groups excluding carboxylic acids is 1. The van der Waals surface area contributed by atoms with E-state index >= 15 is 0 Å². The van der Waals surface area contributed by atoms with Gasteiger partial charge in [-0.1, -0.05) is 30.3 Å². The molecule has 1 fully saturated rings. The lowest BCUT2D eigenvalue weighted by atomic mass is 10.2. The molecule has 3 rings (SSSR count). The van der Waals surface area contributed by atoms with Crippen molar-refractivity contribution in [3.05, 3.63) is 42.2 Å². The van der Waals surface area contributed by atoms with Crippen LogP contribution in [0.1, 0.15) is 18.4 Å². The Kier molecular flexibility index (Phi) is 4.33. The number of benzene rings is 1. The second kappa shape index (κ2) is 6.39. The first kappa shape index (κ1) is 14.9. The number of hydrogen-bond donors (Lipinski definition) is 0. The number of aromatic nitrogens is 3. The van der Waals surface area contributed by atoms with Crippen molar-refractivity contribution in [1.82, 2.24) is 19.7 Å². The molecule has 1 unspecified atom stereocenters. The Labute approximate surface area is 131 Å². The summed E-state index contributed by atoms with van der Waals surface area (Å²) in [6.07, 6.45) is 5.09. The fraction of sp³-hybridized carbons (Fsp3) is 0.400. The molecular formula is C15H18N4O2S. The summed E-state index contributed by atoms with van der Waals surface area (Å²) in [5, 5.41) is 7.90. The number of amides is 1. The number of rotatable bonds is 6. The molecule has 1 saturated carbocycles. The Morgan fingerprint density at radius 3 is 2.73 bits per heavy atom. The van der Waals surface area contributed by atoms with Crippen molar-refractivity contribution >= 4 is 16.7 Å². The largest absolute Gasteiger partial charge is 0.334 e. The van der Waals surface area contributed by atoms with Gasteiger partial charge >= 0.3 is 0 Å². The summed E-state index contributed by atoms with van der Waals surface area (Å²) >= 11 is 0. The highest BCUT2D eigenvalue weighted by Gasteiger charge is 2.32. The van der Waals surface area contributed by atoms with Gasteiger partial charge in [0.05, 0.1) is 10.8 Å². The van der Waals surface area contributed by atoms with Crippen LogP contribution in [0.4, 0.5) is 0 Å². The first-order valence-electron chi connectivity index (χ1n) is 7.20. The van der Waals surface area contributed by atoms with Crippen LogP contribution < -0.4 is 0 Å². The second-order valence-corrected chi connectivity index (χ2v) is 6.71. The monoisotopic (exact) mass is 318 g/mol. The molecule has 0 aliphatic heterocycles. The van der Waals surface area contributed by atoms with E-state index in [2.05, 4.69) is 10.2 Å². The van der Waals surface area contributed by atoms with Crippen LogP contribution in [0.3, 0.4) is 0 Å². The van der Waals surface area contributed by atoms with Crippen molar-refractivity contribution < 1.29 is 9.00 Å². The maximum atomic E-state index is 12.6. The minimum atomic E-state index is -1.25. The third-order valence-electron chi connectivity index (χ3n) is 3.65. The lowest BCUT2D eigenvalue weighted by Gasteiger charge is -2.23. The highest BCUT2D eigenvalue weighted by Crippen LogP contribution is 2.28. The fourth-order valence-electron chi connectivity index (χ4n) is 2.40. The minimum Gasteiger partial charge on any atom is -0.334 e. The van der Waals surface area contributed by atoms with Gasteiger partial charge in [-0.25, -0.2) is 0 Å². The van der Waals surface area contributed by atoms with E-state index < -0.39 is 10.8 Å². The molecule has 22 heavy (non-hydrogen) atoms. The third-order valence-corrected chi connectivity index (χ3v) is 4.48. The maximum Gasteiger partial charge on any atom is 0.243 e. The van der Waals surface area contributed by atoms with Crippen LogP contribution in [-0.2, 0) is 28.7 Å². The van der Waals surface area contributed by atoms with Gasteiger partial charge in [-0.15, -0.1) is 10.2 Å². The topological polar surface area (TPSA) is 68.1 Å². The van der Waals surface area contributed by atoms with Crippen LogP contribution in [0.2, 0.25) is 0 Å². The molecule has 0 N–H and O–H groups in total. The summed E-state index contributed by atoms with van der Waals surface area (Å²) in [6.45, 7) is 0.738. The van der Waals surface area contributed by atoms with Crippen molar-refractivity contribution in [3.8, 4) is 0 Å². The Hall–Kier alpha value is -2.02. The Morgan fingerprint density at radius 2 is 2.09 bits per heavy atom. The first-order valence-corrected chi connectivity index (χ1v) is 8.75. The van der Waals surface area contributed by atoms with Crippen molar-refractivity contribution in [2.75, 3.05) is 6.26 Å². The Bertz CT molecular complexity index is 682. The molecule has 1 aromatic heterocycles. The minimum absolute atomic E-state index is 0.0119. The van der Waals surface area contributed by atoms with Crippen molar-refractivity contribution in [2.24, 2.45) is 0 Å². The van der Waals surface area contributed by atoms with E-state index in [0.29, 0.717) is 17.7 Å². The molecule has 2 aromatic rings. The van der Waals surface area contributed by atoms with Gasteiger partial charge in [-0.2, -0.15) is 0 Å². The van der Waals surface area contributed by atoms with Gasteiger partial charge in [-0.05, 0) is 18.4 Å². The van der Waals surface area contributed by atoms with Crippen LogP contribution in [0.5, 0.6) is 0 Å². The van der Waals surface area contributed by atoms with Crippen molar-refractivity contribution in [2.45, 2.75) is 37.1 Å². The number of hydrogen-bond acceptors (Lipinski definition) is 4. The zero-order valence-corrected chi connectivity index (χ0v) is 13.2. The van der Waals surface area contributed by atoms with E-state index in [1.54, 1.807) is 4.57 Å². The van der Waals surface area contributed by atoms with E-state index in [1.165, 1.54) is 12.6 Å². The van der Waals surface area contributed by atoms with E-state index in [0.717, 1.165) is 18.4 Å². The Morgan fingerprint density at radius 1 is 1.36 bits per heavy atom. The Balaban J connectivity index is 1.73. The molecule has 6 nitrogen and oxygen atoms in total. The van der Waals surface area contributed by atoms with Gasteiger partial charge in [0.2, 0.25) is 11.1 Å². The van der Waals surface area contributed by atoms with E-state index in [4.69, 9.17) is 0 Å². The SMILES string of the molecule is CS(=O)c1nncn1CC(=O)N(Cc1ccccc1)C1CC1.